The molecule has 0 saturated carbocycles. The minimum absolute atomic E-state index is 0.386. The number of hydrogen-bond donors (Lipinski definition) is 0. The third-order valence-electron chi connectivity index (χ3n) is 6.00. The largest absolute Gasteiger partial charge is 0.379 e. The van der Waals surface area contributed by atoms with E-state index in [9.17, 15) is 0 Å². The Morgan fingerprint density at radius 3 is 1.76 bits per heavy atom. The molecule has 1 rings (SSSR count). The normalized spacial score (nSPS) is 17.0. The van der Waals surface area contributed by atoms with Gasteiger partial charge >= 0.3 is 0 Å². The third kappa shape index (κ3) is 19.6. The van der Waals surface area contributed by atoms with E-state index in [0.717, 1.165) is 39.3 Å². The molecule has 1 heterocycles. The van der Waals surface area contributed by atoms with Gasteiger partial charge in [0.1, 0.15) is 6.10 Å². The SMILES string of the molecule is CCCCCCCCCCOC(CCCCCCCCC)CCCOCC1CO1. The molecule has 2 unspecified atom stereocenters. The van der Waals surface area contributed by atoms with Crippen LogP contribution in [0.5, 0.6) is 0 Å². The first-order chi connectivity index (χ1) is 14.4. The Labute approximate surface area is 182 Å². The third-order valence-corrected chi connectivity index (χ3v) is 6.00. The molecule has 3 nitrogen and oxygen atoms in total. The predicted molar refractivity (Wildman–Crippen MR) is 125 cm³/mol. The van der Waals surface area contributed by atoms with Gasteiger partial charge in [-0.25, -0.2) is 0 Å². The Balaban J connectivity index is 2.02. The van der Waals surface area contributed by atoms with E-state index in [1.807, 2.05) is 0 Å². The summed E-state index contributed by atoms with van der Waals surface area (Å²) in [5, 5.41) is 0. The summed E-state index contributed by atoms with van der Waals surface area (Å²) in [5.41, 5.74) is 0. The van der Waals surface area contributed by atoms with Gasteiger partial charge in [0, 0.05) is 13.2 Å². The zero-order valence-corrected chi connectivity index (χ0v) is 19.9. The second-order valence-electron chi connectivity index (χ2n) is 9.05. The summed E-state index contributed by atoms with van der Waals surface area (Å²) in [6.45, 7) is 8.05. The highest BCUT2D eigenvalue weighted by Crippen LogP contribution is 2.16. The topological polar surface area (TPSA) is 31.0 Å². The van der Waals surface area contributed by atoms with Crippen molar-refractivity contribution in [3.8, 4) is 0 Å². The van der Waals surface area contributed by atoms with Crippen molar-refractivity contribution in [3.63, 3.8) is 0 Å². The van der Waals surface area contributed by atoms with E-state index in [-0.39, 0.29) is 0 Å². The van der Waals surface area contributed by atoms with E-state index in [4.69, 9.17) is 14.2 Å². The molecule has 0 radical (unpaired) electrons. The quantitative estimate of drug-likeness (QED) is 0.119. The van der Waals surface area contributed by atoms with Gasteiger partial charge in [0.2, 0.25) is 0 Å². The van der Waals surface area contributed by atoms with Crippen molar-refractivity contribution in [2.24, 2.45) is 0 Å². The zero-order chi connectivity index (χ0) is 20.8. The Morgan fingerprint density at radius 1 is 0.655 bits per heavy atom. The van der Waals surface area contributed by atoms with Gasteiger partial charge in [0.25, 0.3) is 0 Å². The summed E-state index contributed by atoms with van der Waals surface area (Å²) >= 11 is 0. The van der Waals surface area contributed by atoms with Crippen LogP contribution in [0.15, 0.2) is 0 Å². The fraction of sp³-hybridized carbons (Fsp3) is 1.00. The van der Waals surface area contributed by atoms with Crippen LogP contribution >= 0.6 is 0 Å². The Morgan fingerprint density at radius 2 is 1.17 bits per heavy atom. The van der Waals surface area contributed by atoms with Crippen molar-refractivity contribution < 1.29 is 14.2 Å². The summed E-state index contributed by atoms with van der Waals surface area (Å²) < 4.78 is 17.2. The second kappa shape index (κ2) is 21.1. The number of hydrogen-bond acceptors (Lipinski definition) is 3. The van der Waals surface area contributed by atoms with Gasteiger partial charge in [0.15, 0.2) is 0 Å². The molecular formula is C26H52O3. The lowest BCUT2D eigenvalue weighted by Gasteiger charge is -2.18. The summed E-state index contributed by atoms with van der Waals surface area (Å²) in [5.74, 6) is 0. The summed E-state index contributed by atoms with van der Waals surface area (Å²) in [4.78, 5) is 0. The van der Waals surface area contributed by atoms with Gasteiger partial charge in [-0.1, -0.05) is 104 Å². The van der Waals surface area contributed by atoms with E-state index in [2.05, 4.69) is 13.8 Å². The van der Waals surface area contributed by atoms with Crippen LogP contribution < -0.4 is 0 Å². The van der Waals surface area contributed by atoms with Crippen LogP contribution in [0.1, 0.15) is 129 Å². The Kier molecular flexibility index (Phi) is 19.6. The molecule has 3 heteroatoms. The van der Waals surface area contributed by atoms with Gasteiger partial charge < -0.3 is 14.2 Å². The minimum Gasteiger partial charge on any atom is -0.379 e. The summed E-state index contributed by atoms with van der Waals surface area (Å²) in [6, 6.07) is 0. The maximum absolute atomic E-state index is 6.29. The molecule has 2 atom stereocenters. The minimum atomic E-state index is 0.386. The molecule has 0 bridgehead atoms. The van der Waals surface area contributed by atoms with Gasteiger partial charge in [-0.15, -0.1) is 0 Å². The maximum atomic E-state index is 6.29. The van der Waals surface area contributed by atoms with Crippen molar-refractivity contribution in [1.82, 2.24) is 0 Å². The molecule has 0 aromatic heterocycles. The van der Waals surface area contributed by atoms with Crippen LogP contribution in [0.4, 0.5) is 0 Å². The molecule has 1 aliphatic rings. The van der Waals surface area contributed by atoms with Crippen LogP contribution in [0, 0.1) is 0 Å². The highest BCUT2D eigenvalue weighted by Gasteiger charge is 2.22. The molecule has 0 aliphatic carbocycles. The van der Waals surface area contributed by atoms with Crippen molar-refractivity contribution in [2.75, 3.05) is 26.4 Å². The van der Waals surface area contributed by atoms with Crippen molar-refractivity contribution in [3.05, 3.63) is 0 Å². The van der Waals surface area contributed by atoms with Crippen LogP contribution in [-0.4, -0.2) is 38.6 Å². The van der Waals surface area contributed by atoms with E-state index < -0.39 is 0 Å². The standard InChI is InChI=1S/C26H52O3/c1-3-5-7-9-11-13-15-17-22-28-25(19-16-14-12-10-8-6-4-2)20-18-21-27-23-26-24-29-26/h25-26H,3-24H2,1-2H3. The molecule has 174 valence electrons. The lowest BCUT2D eigenvalue weighted by molar-refractivity contribution is 0.0276. The maximum Gasteiger partial charge on any atom is 0.104 e. The molecule has 0 N–H and O–H groups in total. The van der Waals surface area contributed by atoms with E-state index >= 15 is 0 Å². The summed E-state index contributed by atoms with van der Waals surface area (Å²) in [6.07, 6.45) is 24.9. The van der Waals surface area contributed by atoms with Gasteiger partial charge in [-0.2, -0.15) is 0 Å². The molecule has 0 aromatic carbocycles. The number of rotatable bonds is 24. The van der Waals surface area contributed by atoms with Crippen molar-refractivity contribution >= 4 is 0 Å². The van der Waals surface area contributed by atoms with Gasteiger partial charge in [-0.05, 0) is 25.7 Å². The molecule has 0 aromatic rings. The van der Waals surface area contributed by atoms with Crippen molar-refractivity contribution in [1.29, 1.82) is 0 Å². The van der Waals surface area contributed by atoms with E-state index in [1.54, 1.807) is 0 Å². The molecular weight excluding hydrogens is 360 g/mol. The lowest BCUT2D eigenvalue weighted by atomic mass is 10.0. The second-order valence-corrected chi connectivity index (χ2v) is 9.05. The highest BCUT2D eigenvalue weighted by atomic mass is 16.6. The lowest BCUT2D eigenvalue weighted by Crippen LogP contribution is -2.15. The van der Waals surface area contributed by atoms with Gasteiger partial charge in [0.05, 0.1) is 19.3 Å². The van der Waals surface area contributed by atoms with Crippen LogP contribution in [0.2, 0.25) is 0 Å². The first-order valence-electron chi connectivity index (χ1n) is 13.2. The molecule has 29 heavy (non-hydrogen) atoms. The Hall–Kier alpha value is -0.120. The molecule has 0 spiro atoms. The fourth-order valence-electron chi connectivity index (χ4n) is 3.92. The number of epoxide rings is 1. The predicted octanol–water partition coefficient (Wildman–Crippen LogP) is 7.85. The average Bonchev–Trinajstić information content (AvgIpc) is 3.55. The van der Waals surface area contributed by atoms with Crippen LogP contribution in [-0.2, 0) is 14.2 Å². The fourth-order valence-corrected chi connectivity index (χ4v) is 3.92. The van der Waals surface area contributed by atoms with Crippen molar-refractivity contribution in [2.45, 2.75) is 142 Å². The summed E-state index contributed by atoms with van der Waals surface area (Å²) in [7, 11) is 0. The van der Waals surface area contributed by atoms with E-state index in [0.29, 0.717) is 12.2 Å². The smallest absolute Gasteiger partial charge is 0.104 e. The van der Waals surface area contributed by atoms with Crippen LogP contribution in [0.3, 0.4) is 0 Å². The molecule has 1 saturated heterocycles. The average molecular weight is 413 g/mol. The number of unbranched alkanes of at least 4 members (excludes halogenated alkanes) is 13. The molecule has 1 aliphatic heterocycles. The highest BCUT2D eigenvalue weighted by molar-refractivity contribution is 4.67. The first-order valence-corrected chi connectivity index (χ1v) is 13.2. The van der Waals surface area contributed by atoms with E-state index in [1.165, 1.54) is 103 Å². The zero-order valence-electron chi connectivity index (χ0n) is 19.9. The first kappa shape index (κ1) is 26.9. The Bertz CT molecular complexity index is 317. The molecule has 1 fully saturated rings. The number of ether oxygens (including phenoxy) is 3. The monoisotopic (exact) mass is 412 g/mol. The van der Waals surface area contributed by atoms with Crippen LogP contribution in [0.25, 0.3) is 0 Å². The van der Waals surface area contributed by atoms with Gasteiger partial charge in [-0.3, -0.25) is 0 Å². The molecule has 0 amide bonds.